The van der Waals surface area contributed by atoms with Crippen LogP contribution in [0.1, 0.15) is 26.3 Å². The second-order valence-corrected chi connectivity index (χ2v) is 6.54. The van der Waals surface area contributed by atoms with Crippen LogP contribution in [0.5, 0.6) is 0 Å². The van der Waals surface area contributed by atoms with Crippen molar-refractivity contribution >= 4 is 23.0 Å². The first-order valence-corrected chi connectivity index (χ1v) is 7.64. The summed E-state index contributed by atoms with van der Waals surface area (Å²) >= 11 is 0. The molecule has 0 aliphatic rings. The molecule has 0 fully saturated rings. The van der Waals surface area contributed by atoms with Gasteiger partial charge in [-0.1, -0.05) is 39.0 Å². The lowest BCUT2D eigenvalue weighted by Gasteiger charge is -2.19. The maximum Gasteiger partial charge on any atom is 0.271 e. The highest BCUT2D eigenvalue weighted by molar-refractivity contribution is 5.93. The summed E-state index contributed by atoms with van der Waals surface area (Å²) in [4.78, 5) is 22.2. The number of carbonyl (C=O) groups is 1. The predicted octanol–water partition coefficient (Wildman–Crippen LogP) is 3.94. The van der Waals surface area contributed by atoms with Crippen LogP contribution in [0.25, 0.3) is 0 Å². The van der Waals surface area contributed by atoms with Crippen molar-refractivity contribution in [2.24, 2.45) is 0 Å². The van der Waals surface area contributed by atoms with E-state index in [0.29, 0.717) is 11.4 Å². The van der Waals surface area contributed by atoms with Crippen molar-refractivity contribution in [3.8, 4) is 0 Å². The van der Waals surface area contributed by atoms with Gasteiger partial charge in [0.2, 0.25) is 5.91 Å². The quantitative estimate of drug-likeness (QED) is 0.643. The zero-order valence-electron chi connectivity index (χ0n) is 14.0. The van der Waals surface area contributed by atoms with E-state index in [1.54, 1.807) is 12.1 Å². The molecule has 1 amide bonds. The van der Waals surface area contributed by atoms with Gasteiger partial charge >= 0.3 is 0 Å². The SMILES string of the molecule is CC(C)(C)c1ccc(NC(=O)CNc2cccc([N+](=O)[O-])c2)cc1. The molecule has 24 heavy (non-hydrogen) atoms. The van der Waals surface area contributed by atoms with Gasteiger partial charge in [0.1, 0.15) is 0 Å². The van der Waals surface area contributed by atoms with E-state index >= 15 is 0 Å². The van der Waals surface area contributed by atoms with E-state index in [9.17, 15) is 14.9 Å². The summed E-state index contributed by atoms with van der Waals surface area (Å²) < 4.78 is 0. The van der Waals surface area contributed by atoms with Crippen molar-refractivity contribution in [3.05, 3.63) is 64.2 Å². The van der Waals surface area contributed by atoms with Gasteiger partial charge in [-0.15, -0.1) is 0 Å². The van der Waals surface area contributed by atoms with E-state index in [1.807, 2.05) is 24.3 Å². The number of rotatable bonds is 5. The molecule has 2 aromatic rings. The Morgan fingerprint density at radius 2 is 1.75 bits per heavy atom. The molecule has 0 spiro atoms. The summed E-state index contributed by atoms with van der Waals surface area (Å²) in [5.74, 6) is -0.218. The van der Waals surface area contributed by atoms with Gasteiger partial charge in [-0.3, -0.25) is 14.9 Å². The molecule has 2 rings (SSSR count). The highest BCUT2D eigenvalue weighted by Gasteiger charge is 2.13. The minimum atomic E-state index is -0.470. The van der Waals surface area contributed by atoms with Crippen LogP contribution in [0.3, 0.4) is 0 Å². The second kappa shape index (κ2) is 7.12. The lowest BCUT2D eigenvalue weighted by atomic mass is 9.87. The molecule has 2 N–H and O–H groups in total. The first-order valence-electron chi connectivity index (χ1n) is 7.64. The van der Waals surface area contributed by atoms with Gasteiger partial charge in [-0.2, -0.15) is 0 Å². The number of nitrogens with one attached hydrogen (secondary N) is 2. The van der Waals surface area contributed by atoms with Gasteiger partial charge in [0.25, 0.3) is 5.69 Å². The largest absolute Gasteiger partial charge is 0.376 e. The summed E-state index contributed by atoms with van der Waals surface area (Å²) in [6.45, 7) is 6.42. The van der Waals surface area contributed by atoms with Crippen molar-refractivity contribution in [2.75, 3.05) is 17.2 Å². The third-order valence-corrected chi connectivity index (χ3v) is 3.54. The fourth-order valence-corrected chi connectivity index (χ4v) is 2.17. The highest BCUT2D eigenvalue weighted by atomic mass is 16.6. The van der Waals surface area contributed by atoms with Crippen molar-refractivity contribution in [2.45, 2.75) is 26.2 Å². The Bertz CT molecular complexity index is 734. The van der Waals surface area contributed by atoms with E-state index in [4.69, 9.17) is 0 Å². The highest BCUT2D eigenvalue weighted by Crippen LogP contribution is 2.23. The summed E-state index contributed by atoms with van der Waals surface area (Å²) in [7, 11) is 0. The lowest BCUT2D eigenvalue weighted by molar-refractivity contribution is -0.384. The Labute approximate surface area is 141 Å². The summed E-state index contributed by atoms with van der Waals surface area (Å²) in [6, 6.07) is 13.8. The van der Waals surface area contributed by atoms with Gasteiger partial charge in [0, 0.05) is 23.5 Å². The molecule has 126 valence electrons. The average molecular weight is 327 g/mol. The molecule has 0 aromatic heterocycles. The van der Waals surface area contributed by atoms with Crippen molar-refractivity contribution in [3.63, 3.8) is 0 Å². The van der Waals surface area contributed by atoms with E-state index in [2.05, 4.69) is 31.4 Å². The summed E-state index contributed by atoms with van der Waals surface area (Å²) in [5, 5.41) is 16.4. The normalized spacial score (nSPS) is 11.0. The summed E-state index contributed by atoms with van der Waals surface area (Å²) in [6.07, 6.45) is 0. The number of hydrogen-bond donors (Lipinski definition) is 2. The Kier molecular flexibility index (Phi) is 5.18. The Hall–Kier alpha value is -2.89. The number of benzene rings is 2. The molecular formula is C18H21N3O3. The third kappa shape index (κ3) is 4.81. The van der Waals surface area contributed by atoms with Gasteiger partial charge in [-0.25, -0.2) is 0 Å². The molecule has 0 saturated heterocycles. The molecule has 0 atom stereocenters. The van der Waals surface area contributed by atoms with Crippen LogP contribution in [0.4, 0.5) is 17.1 Å². The number of nitrogens with zero attached hydrogens (tertiary/aromatic N) is 1. The first-order chi connectivity index (χ1) is 11.3. The standard InChI is InChI=1S/C18H21N3O3/c1-18(2,3)13-7-9-14(10-8-13)20-17(22)12-19-15-5-4-6-16(11-15)21(23)24/h4-11,19H,12H2,1-3H3,(H,20,22). The number of carbonyl (C=O) groups excluding carboxylic acids is 1. The molecular weight excluding hydrogens is 306 g/mol. The molecule has 0 aliphatic carbocycles. The molecule has 6 nitrogen and oxygen atoms in total. The number of anilines is 2. The van der Waals surface area contributed by atoms with Crippen LogP contribution in [-0.4, -0.2) is 17.4 Å². The molecule has 0 radical (unpaired) electrons. The Balaban J connectivity index is 1.92. The number of nitro benzene ring substituents is 1. The Morgan fingerprint density at radius 3 is 2.33 bits per heavy atom. The molecule has 0 saturated carbocycles. The van der Waals surface area contributed by atoms with Crippen LogP contribution in [0.15, 0.2) is 48.5 Å². The lowest BCUT2D eigenvalue weighted by Crippen LogP contribution is -2.21. The fourth-order valence-electron chi connectivity index (χ4n) is 2.17. The van der Waals surface area contributed by atoms with Crippen molar-refractivity contribution < 1.29 is 9.72 Å². The Morgan fingerprint density at radius 1 is 1.08 bits per heavy atom. The third-order valence-electron chi connectivity index (χ3n) is 3.54. The molecule has 0 unspecified atom stereocenters. The monoisotopic (exact) mass is 327 g/mol. The minimum Gasteiger partial charge on any atom is -0.376 e. The fraction of sp³-hybridized carbons (Fsp3) is 0.278. The number of non-ortho nitro benzene ring substituents is 1. The second-order valence-electron chi connectivity index (χ2n) is 6.54. The van der Waals surface area contributed by atoms with Crippen LogP contribution in [0, 0.1) is 10.1 Å². The van der Waals surface area contributed by atoms with Crippen LogP contribution < -0.4 is 10.6 Å². The maximum atomic E-state index is 12.0. The van der Waals surface area contributed by atoms with E-state index in [1.165, 1.54) is 17.7 Å². The molecule has 2 aromatic carbocycles. The van der Waals surface area contributed by atoms with Crippen molar-refractivity contribution in [1.29, 1.82) is 0 Å². The number of hydrogen-bond acceptors (Lipinski definition) is 4. The zero-order chi connectivity index (χ0) is 17.7. The topological polar surface area (TPSA) is 84.3 Å². The van der Waals surface area contributed by atoms with E-state index in [0.717, 1.165) is 0 Å². The average Bonchev–Trinajstić information content (AvgIpc) is 2.53. The predicted molar refractivity (Wildman–Crippen MR) is 95.4 cm³/mol. The molecule has 0 heterocycles. The smallest absolute Gasteiger partial charge is 0.271 e. The van der Waals surface area contributed by atoms with Crippen molar-refractivity contribution in [1.82, 2.24) is 0 Å². The van der Waals surface area contributed by atoms with Crippen LogP contribution >= 0.6 is 0 Å². The molecule has 0 bridgehead atoms. The molecule has 6 heteroatoms. The number of nitro groups is 1. The minimum absolute atomic E-state index is 0.0156. The van der Waals surface area contributed by atoms with E-state index < -0.39 is 4.92 Å². The first kappa shape index (κ1) is 17.5. The zero-order valence-corrected chi connectivity index (χ0v) is 14.0. The van der Waals surface area contributed by atoms with Crippen LogP contribution in [-0.2, 0) is 10.2 Å². The number of amides is 1. The van der Waals surface area contributed by atoms with Gasteiger partial charge in [-0.05, 0) is 29.2 Å². The van der Waals surface area contributed by atoms with E-state index in [-0.39, 0.29) is 23.6 Å². The maximum absolute atomic E-state index is 12.0. The van der Waals surface area contributed by atoms with Crippen LogP contribution in [0.2, 0.25) is 0 Å². The van der Waals surface area contributed by atoms with Gasteiger partial charge < -0.3 is 10.6 Å². The van der Waals surface area contributed by atoms with Gasteiger partial charge in [0.05, 0.1) is 11.5 Å². The summed E-state index contributed by atoms with van der Waals surface area (Å²) in [5.41, 5.74) is 2.48. The van der Waals surface area contributed by atoms with Gasteiger partial charge in [0.15, 0.2) is 0 Å². The molecule has 0 aliphatic heterocycles.